The zero-order valence-corrected chi connectivity index (χ0v) is 18.1. The molecule has 4 nitrogen and oxygen atoms in total. The number of hydrogen-bond acceptors (Lipinski definition) is 4. The second-order valence-corrected chi connectivity index (χ2v) is 8.34. The molecule has 6 heteroatoms. The first-order valence-electron chi connectivity index (χ1n) is 10.2. The summed E-state index contributed by atoms with van der Waals surface area (Å²) < 4.78 is 0. The lowest BCUT2D eigenvalue weighted by Crippen LogP contribution is -2.11. The van der Waals surface area contributed by atoms with Gasteiger partial charge in [0.2, 0.25) is 0 Å². The number of pyridine rings is 2. The molecule has 0 aliphatic rings. The van der Waals surface area contributed by atoms with Crippen LogP contribution >= 0.6 is 23.2 Å². The minimum Gasteiger partial charge on any atom is -0.384 e. The van der Waals surface area contributed by atoms with Crippen molar-refractivity contribution in [2.75, 3.05) is 11.9 Å². The molecule has 0 amide bonds. The fourth-order valence-corrected chi connectivity index (χ4v) is 4.12. The molecule has 0 saturated heterocycles. The van der Waals surface area contributed by atoms with Crippen LogP contribution in [0.5, 0.6) is 0 Å². The van der Waals surface area contributed by atoms with Crippen LogP contribution in [0, 0.1) is 0 Å². The normalized spacial score (nSPS) is 12.4. The molecule has 0 radical (unpaired) electrons. The van der Waals surface area contributed by atoms with Crippen LogP contribution in [0.25, 0.3) is 21.8 Å². The van der Waals surface area contributed by atoms with Crippen molar-refractivity contribution in [2.24, 2.45) is 5.73 Å². The molecule has 2 aromatic carbocycles. The van der Waals surface area contributed by atoms with Crippen molar-refractivity contribution in [3.05, 3.63) is 76.5 Å². The van der Waals surface area contributed by atoms with Gasteiger partial charge >= 0.3 is 0 Å². The zero-order chi connectivity index (χ0) is 20.9. The Labute approximate surface area is 186 Å². The third-order valence-corrected chi connectivity index (χ3v) is 5.82. The van der Waals surface area contributed by atoms with Crippen LogP contribution in [0.3, 0.4) is 0 Å². The average Bonchev–Trinajstić information content (AvgIpc) is 2.75. The largest absolute Gasteiger partial charge is 0.384 e. The number of benzene rings is 2. The van der Waals surface area contributed by atoms with E-state index in [2.05, 4.69) is 15.3 Å². The molecule has 154 valence electrons. The van der Waals surface area contributed by atoms with E-state index in [4.69, 9.17) is 28.9 Å². The van der Waals surface area contributed by atoms with Gasteiger partial charge in [-0.25, -0.2) is 0 Å². The first kappa shape index (κ1) is 20.9. The van der Waals surface area contributed by atoms with Gasteiger partial charge in [0.1, 0.15) is 0 Å². The van der Waals surface area contributed by atoms with Crippen molar-refractivity contribution in [1.82, 2.24) is 9.97 Å². The van der Waals surface area contributed by atoms with E-state index in [1.165, 1.54) is 0 Å². The molecule has 1 atom stereocenters. The Bertz CT molecular complexity index is 1160. The second-order valence-electron chi connectivity index (χ2n) is 7.46. The number of anilines is 1. The molecular formula is C24H24Cl2N4. The molecule has 1 unspecified atom stereocenters. The smallest absolute Gasteiger partial charge is 0.0737 e. The van der Waals surface area contributed by atoms with Crippen LogP contribution in [0.15, 0.2) is 60.9 Å². The van der Waals surface area contributed by atoms with Gasteiger partial charge in [-0.15, -0.1) is 0 Å². The van der Waals surface area contributed by atoms with Crippen LogP contribution in [-0.4, -0.2) is 16.5 Å². The molecule has 30 heavy (non-hydrogen) atoms. The highest BCUT2D eigenvalue weighted by molar-refractivity contribution is 6.31. The molecule has 0 fully saturated rings. The molecule has 0 saturated carbocycles. The van der Waals surface area contributed by atoms with E-state index in [-0.39, 0.29) is 6.04 Å². The van der Waals surface area contributed by atoms with E-state index in [0.29, 0.717) is 10.0 Å². The molecule has 0 aliphatic carbocycles. The summed E-state index contributed by atoms with van der Waals surface area (Å²) in [5.41, 5.74) is 10.5. The summed E-state index contributed by atoms with van der Waals surface area (Å²) in [5, 5.41) is 7.09. The summed E-state index contributed by atoms with van der Waals surface area (Å²) in [6.45, 7) is 0.910. The Morgan fingerprint density at radius 2 is 1.47 bits per heavy atom. The van der Waals surface area contributed by atoms with Gasteiger partial charge in [0.05, 0.1) is 11.0 Å². The van der Waals surface area contributed by atoms with Crippen molar-refractivity contribution in [1.29, 1.82) is 0 Å². The molecule has 2 heterocycles. The zero-order valence-electron chi connectivity index (χ0n) is 16.6. The van der Waals surface area contributed by atoms with Gasteiger partial charge in [-0.3, -0.25) is 9.97 Å². The summed E-state index contributed by atoms with van der Waals surface area (Å²) in [5.74, 6) is 0. The number of nitrogens with two attached hydrogens (primary N) is 1. The van der Waals surface area contributed by atoms with Gasteiger partial charge in [-0.1, -0.05) is 42.1 Å². The summed E-state index contributed by atoms with van der Waals surface area (Å²) in [7, 11) is 0. The predicted octanol–water partition coefficient (Wildman–Crippen LogP) is 6.76. The monoisotopic (exact) mass is 438 g/mol. The number of halogens is 2. The number of fused-ring (bicyclic) bond motifs is 2. The Hall–Kier alpha value is -2.40. The van der Waals surface area contributed by atoms with E-state index in [1.54, 1.807) is 0 Å². The molecule has 0 bridgehead atoms. The van der Waals surface area contributed by atoms with Crippen molar-refractivity contribution < 1.29 is 0 Å². The van der Waals surface area contributed by atoms with Crippen molar-refractivity contribution >= 4 is 50.7 Å². The SMILES string of the molecule is NC(CCCCCNc1ccnc2cc(Cl)ccc12)c1ccnc2cc(Cl)ccc12. The quantitative estimate of drug-likeness (QED) is 0.298. The summed E-state index contributed by atoms with van der Waals surface area (Å²) in [4.78, 5) is 8.79. The van der Waals surface area contributed by atoms with Gasteiger partial charge in [-0.2, -0.15) is 0 Å². The lowest BCUT2D eigenvalue weighted by molar-refractivity contribution is 0.578. The Kier molecular flexibility index (Phi) is 6.68. The molecule has 0 spiro atoms. The highest BCUT2D eigenvalue weighted by atomic mass is 35.5. The van der Waals surface area contributed by atoms with E-state index in [1.807, 2.05) is 60.9 Å². The van der Waals surface area contributed by atoms with Crippen molar-refractivity contribution in [3.63, 3.8) is 0 Å². The van der Waals surface area contributed by atoms with E-state index in [9.17, 15) is 0 Å². The van der Waals surface area contributed by atoms with Crippen LogP contribution < -0.4 is 11.1 Å². The van der Waals surface area contributed by atoms with E-state index in [0.717, 1.165) is 65.3 Å². The molecular weight excluding hydrogens is 415 g/mol. The molecule has 4 rings (SSSR count). The van der Waals surface area contributed by atoms with Crippen LogP contribution in [0.4, 0.5) is 5.69 Å². The predicted molar refractivity (Wildman–Crippen MR) is 127 cm³/mol. The maximum atomic E-state index is 6.49. The number of aromatic nitrogens is 2. The maximum Gasteiger partial charge on any atom is 0.0737 e. The van der Waals surface area contributed by atoms with Crippen molar-refractivity contribution in [2.45, 2.75) is 31.7 Å². The van der Waals surface area contributed by atoms with E-state index < -0.39 is 0 Å². The lowest BCUT2D eigenvalue weighted by Gasteiger charge is -2.15. The second kappa shape index (κ2) is 9.61. The van der Waals surface area contributed by atoms with Crippen LogP contribution in [0.2, 0.25) is 10.0 Å². The fourth-order valence-electron chi connectivity index (χ4n) is 3.79. The molecule has 0 aliphatic heterocycles. The standard InChI is InChI=1S/C24H24Cl2N4/c25-16-5-7-19-18(9-12-29-23(19)14-16)21(27)4-2-1-3-11-28-22-10-13-30-24-15-17(26)6-8-20(22)24/h5-10,12-15,21H,1-4,11,27H2,(H,28,30). The molecule has 4 aromatic rings. The highest BCUT2D eigenvalue weighted by Gasteiger charge is 2.10. The number of hydrogen-bond donors (Lipinski definition) is 2. The fraction of sp³-hybridized carbons (Fsp3) is 0.250. The average molecular weight is 439 g/mol. The Morgan fingerprint density at radius 3 is 2.23 bits per heavy atom. The minimum atomic E-state index is -0.00137. The van der Waals surface area contributed by atoms with Gasteiger partial charge in [-0.05, 0) is 60.9 Å². The van der Waals surface area contributed by atoms with Crippen LogP contribution in [0.1, 0.15) is 37.3 Å². The summed E-state index contributed by atoms with van der Waals surface area (Å²) in [6.07, 6.45) is 7.84. The first-order valence-corrected chi connectivity index (χ1v) is 11.0. The third kappa shape index (κ3) is 4.84. The molecule has 3 N–H and O–H groups in total. The van der Waals surface area contributed by atoms with Gasteiger partial charge < -0.3 is 11.1 Å². The number of nitrogens with zero attached hydrogens (tertiary/aromatic N) is 2. The van der Waals surface area contributed by atoms with Crippen molar-refractivity contribution in [3.8, 4) is 0 Å². The maximum absolute atomic E-state index is 6.49. The first-order chi connectivity index (χ1) is 14.6. The minimum absolute atomic E-state index is 0.00137. The summed E-state index contributed by atoms with van der Waals surface area (Å²) in [6, 6.07) is 15.6. The number of nitrogens with one attached hydrogen (secondary N) is 1. The van der Waals surface area contributed by atoms with Gasteiger partial charge in [0.25, 0.3) is 0 Å². The number of rotatable bonds is 8. The number of unbranched alkanes of at least 4 members (excludes halogenated alkanes) is 2. The third-order valence-electron chi connectivity index (χ3n) is 5.35. The Balaban J connectivity index is 1.27. The summed E-state index contributed by atoms with van der Waals surface area (Å²) >= 11 is 12.1. The Morgan fingerprint density at radius 1 is 0.800 bits per heavy atom. The topological polar surface area (TPSA) is 63.8 Å². The van der Waals surface area contributed by atoms with Crippen LogP contribution in [-0.2, 0) is 0 Å². The van der Waals surface area contributed by atoms with Gasteiger partial charge in [0.15, 0.2) is 0 Å². The highest BCUT2D eigenvalue weighted by Crippen LogP contribution is 2.27. The van der Waals surface area contributed by atoms with Gasteiger partial charge in [0, 0.05) is 51.5 Å². The molecule has 2 aromatic heterocycles. The van der Waals surface area contributed by atoms with E-state index >= 15 is 0 Å². The lowest BCUT2D eigenvalue weighted by atomic mass is 9.98.